The first-order valence-electron chi connectivity index (χ1n) is 16.1. The zero-order valence-corrected chi connectivity index (χ0v) is 26.0. The van der Waals surface area contributed by atoms with Gasteiger partial charge in [0.2, 0.25) is 0 Å². The molecule has 4 aliphatic rings. The summed E-state index contributed by atoms with van der Waals surface area (Å²) in [5.74, 6) is -4.77. The number of carbonyl (C=O) groups is 2. The molecule has 0 bridgehead atoms. The first-order valence-corrected chi connectivity index (χ1v) is 16.1. The van der Waals surface area contributed by atoms with Crippen molar-refractivity contribution in [3.63, 3.8) is 0 Å². The SMILES string of the molecule is CN(C)C1C(=O)C(C(N)=O)=C(O)C2(O)C(O)=C3C(O)c4c(O)ccc(-c5ccc(CC6CCCC6)c6ccccc56)c4C[C@H]3C[C@@H]12. The lowest BCUT2D eigenvalue weighted by Crippen LogP contribution is -2.62. The number of primary amides is 1. The number of aromatic hydroxyl groups is 1. The molecule has 4 aliphatic carbocycles. The minimum atomic E-state index is -2.53. The zero-order valence-electron chi connectivity index (χ0n) is 26.0. The molecule has 46 heavy (non-hydrogen) atoms. The fourth-order valence-corrected chi connectivity index (χ4v) is 8.99. The van der Waals surface area contributed by atoms with Crippen LogP contribution in [0.4, 0.5) is 0 Å². The van der Waals surface area contributed by atoms with Crippen molar-refractivity contribution in [3.05, 3.63) is 87.9 Å². The van der Waals surface area contributed by atoms with E-state index in [1.165, 1.54) is 47.6 Å². The van der Waals surface area contributed by atoms with Gasteiger partial charge in [-0.15, -0.1) is 0 Å². The summed E-state index contributed by atoms with van der Waals surface area (Å²) in [6.45, 7) is 0. The van der Waals surface area contributed by atoms with Crippen molar-refractivity contribution in [3.8, 4) is 16.9 Å². The van der Waals surface area contributed by atoms with Gasteiger partial charge in [0.1, 0.15) is 28.9 Å². The van der Waals surface area contributed by atoms with E-state index in [0.29, 0.717) is 17.9 Å². The van der Waals surface area contributed by atoms with Crippen molar-refractivity contribution < 1.29 is 35.1 Å². The maximum atomic E-state index is 13.4. The number of Topliss-reactive ketones (excluding diaryl/α,β-unsaturated/α-hetero) is 1. The lowest BCUT2D eigenvalue weighted by Gasteiger charge is -2.51. The number of likely N-dealkylation sites (N-methyl/N-ethyl adjacent to an activating group) is 1. The fraction of sp³-hybridized carbons (Fsp3) is 0.405. The highest BCUT2D eigenvalue weighted by Gasteiger charge is 2.62. The van der Waals surface area contributed by atoms with Gasteiger partial charge in [-0.3, -0.25) is 14.5 Å². The van der Waals surface area contributed by atoms with Gasteiger partial charge in [0, 0.05) is 17.1 Å². The molecule has 240 valence electrons. The number of hydrogen-bond donors (Lipinski definition) is 6. The van der Waals surface area contributed by atoms with E-state index in [0.717, 1.165) is 22.9 Å². The van der Waals surface area contributed by atoms with Crippen LogP contribution in [0.2, 0.25) is 0 Å². The largest absolute Gasteiger partial charge is 0.509 e. The molecule has 7 N–H and O–H groups in total. The topological polar surface area (TPSA) is 165 Å². The fourth-order valence-electron chi connectivity index (χ4n) is 8.99. The second-order valence-electron chi connectivity index (χ2n) is 13.8. The number of fused-ring (bicyclic) bond motifs is 4. The van der Waals surface area contributed by atoms with Gasteiger partial charge >= 0.3 is 0 Å². The van der Waals surface area contributed by atoms with Crippen LogP contribution in [0.15, 0.2) is 71.2 Å². The van der Waals surface area contributed by atoms with Gasteiger partial charge < -0.3 is 31.3 Å². The van der Waals surface area contributed by atoms with Crippen LogP contribution in [0.1, 0.15) is 54.9 Å². The van der Waals surface area contributed by atoms with Crippen molar-refractivity contribution >= 4 is 22.5 Å². The van der Waals surface area contributed by atoms with Gasteiger partial charge in [0.15, 0.2) is 11.4 Å². The Morgan fingerprint density at radius 2 is 1.63 bits per heavy atom. The molecule has 3 aromatic rings. The highest BCUT2D eigenvalue weighted by molar-refractivity contribution is 6.22. The Bertz CT molecular complexity index is 1850. The van der Waals surface area contributed by atoms with E-state index < -0.39 is 58.4 Å². The van der Waals surface area contributed by atoms with Crippen molar-refractivity contribution in [2.24, 2.45) is 23.5 Å². The number of amides is 1. The highest BCUT2D eigenvalue weighted by Crippen LogP contribution is 2.57. The third kappa shape index (κ3) is 4.32. The summed E-state index contributed by atoms with van der Waals surface area (Å²) >= 11 is 0. The Morgan fingerprint density at radius 1 is 0.957 bits per heavy atom. The average Bonchev–Trinajstić information content (AvgIpc) is 3.52. The molecular weight excluding hydrogens is 584 g/mol. The molecule has 3 unspecified atom stereocenters. The summed E-state index contributed by atoms with van der Waals surface area (Å²) in [4.78, 5) is 27.2. The molecule has 9 heteroatoms. The Kier molecular flexibility index (Phi) is 7.27. The zero-order chi connectivity index (χ0) is 32.7. The molecule has 1 fully saturated rings. The Balaban J connectivity index is 1.39. The normalized spacial score (nSPS) is 28.1. The number of nitrogens with zero attached hydrogens (tertiary/aromatic N) is 1. The maximum absolute atomic E-state index is 13.4. The Labute approximate surface area is 267 Å². The molecular formula is C37H40N2O7. The maximum Gasteiger partial charge on any atom is 0.255 e. The van der Waals surface area contributed by atoms with E-state index in [1.54, 1.807) is 14.1 Å². The number of aliphatic hydroxyl groups excluding tert-OH is 3. The van der Waals surface area contributed by atoms with Gasteiger partial charge in [-0.2, -0.15) is 0 Å². The first-order chi connectivity index (χ1) is 21.9. The van der Waals surface area contributed by atoms with Crippen LogP contribution >= 0.6 is 0 Å². The monoisotopic (exact) mass is 624 g/mol. The molecule has 1 amide bonds. The first kappa shape index (κ1) is 30.5. The molecule has 9 nitrogen and oxygen atoms in total. The van der Waals surface area contributed by atoms with Crippen molar-refractivity contribution in [2.45, 2.75) is 62.7 Å². The van der Waals surface area contributed by atoms with Gasteiger partial charge in [0.05, 0.1) is 6.04 Å². The van der Waals surface area contributed by atoms with Crippen LogP contribution in [-0.2, 0) is 22.4 Å². The summed E-state index contributed by atoms with van der Waals surface area (Å²) in [6, 6.07) is 14.9. The van der Waals surface area contributed by atoms with Gasteiger partial charge in [-0.05, 0) is 84.3 Å². The van der Waals surface area contributed by atoms with Gasteiger partial charge in [-0.1, -0.05) is 68.1 Å². The Morgan fingerprint density at radius 3 is 2.30 bits per heavy atom. The predicted octanol–water partition coefficient (Wildman–Crippen LogP) is 4.52. The standard InChI is InChI=1S/C37H40N2O7/c1-39(2)31-26-17-20-16-25-24(23-12-11-19(15-18-7-3-4-8-18)21-9-5-6-10-22(21)23)13-14-27(40)29(25)32(41)28(20)34(43)37(26,46)35(44)30(33(31)42)36(38)45/h5-6,9-14,18,20,26,31-32,40-41,43-44,46H,3-4,7-8,15-17H2,1-2H3,(H2,38,45)/t20-,26-,31?,32?,37?/m0/s1. The highest BCUT2D eigenvalue weighted by atomic mass is 16.4. The second kappa shape index (κ2) is 11.0. The second-order valence-corrected chi connectivity index (χ2v) is 13.8. The van der Waals surface area contributed by atoms with Crippen LogP contribution < -0.4 is 5.73 Å². The molecule has 7 rings (SSSR count). The molecule has 0 aliphatic heterocycles. The van der Waals surface area contributed by atoms with Crippen LogP contribution in [0.25, 0.3) is 21.9 Å². The van der Waals surface area contributed by atoms with E-state index >= 15 is 0 Å². The predicted molar refractivity (Wildman–Crippen MR) is 173 cm³/mol. The molecule has 0 spiro atoms. The average molecular weight is 625 g/mol. The van der Waals surface area contributed by atoms with E-state index in [1.807, 2.05) is 18.2 Å². The van der Waals surface area contributed by atoms with Crippen LogP contribution in [0.5, 0.6) is 5.75 Å². The van der Waals surface area contributed by atoms with Crippen LogP contribution in [0.3, 0.4) is 0 Å². The van der Waals surface area contributed by atoms with E-state index in [4.69, 9.17) is 5.73 Å². The van der Waals surface area contributed by atoms with Gasteiger partial charge in [-0.25, -0.2) is 0 Å². The number of benzene rings is 3. The van der Waals surface area contributed by atoms with E-state index in [-0.39, 0.29) is 23.3 Å². The molecule has 0 heterocycles. The summed E-state index contributed by atoms with van der Waals surface area (Å²) in [7, 11) is 3.23. The number of carbonyl (C=O) groups excluding carboxylic acids is 2. The third-order valence-electron chi connectivity index (χ3n) is 11.1. The summed E-state index contributed by atoms with van der Waals surface area (Å²) in [6.07, 6.45) is 4.95. The van der Waals surface area contributed by atoms with E-state index in [2.05, 4.69) is 24.3 Å². The number of rotatable bonds is 5. The molecule has 0 radical (unpaired) electrons. The van der Waals surface area contributed by atoms with E-state index in [9.17, 15) is 35.1 Å². The molecule has 0 aromatic heterocycles. The van der Waals surface area contributed by atoms with Gasteiger partial charge in [0.25, 0.3) is 5.91 Å². The number of phenolic OH excluding ortho intramolecular Hbond substituents is 1. The number of ketones is 1. The van der Waals surface area contributed by atoms with Crippen molar-refractivity contribution in [1.82, 2.24) is 4.90 Å². The number of nitrogens with two attached hydrogens (primary N) is 1. The Hall–Kier alpha value is -4.18. The number of aliphatic hydroxyl groups is 4. The quantitative estimate of drug-likeness (QED) is 0.226. The number of phenols is 1. The summed E-state index contributed by atoms with van der Waals surface area (Å²) < 4.78 is 0. The molecule has 5 atom stereocenters. The molecule has 3 aromatic carbocycles. The molecule has 0 saturated heterocycles. The van der Waals surface area contributed by atoms with Crippen molar-refractivity contribution in [2.75, 3.05) is 14.1 Å². The van der Waals surface area contributed by atoms with Crippen LogP contribution in [-0.4, -0.2) is 67.9 Å². The summed E-state index contributed by atoms with van der Waals surface area (Å²) in [5.41, 5.74) is 6.23. The summed E-state index contributed by atoms with van der Waals surface area (Å²) in [5, 5.41) is 60.0. The minimum Gasteiger partial charge on any atom is -0.509 e. The molecule has 1 saturated carbocycles. The lowest BCUT2D eigenvalue weighted by atomic mass is 9.58. The van der Waals surface area contributed by atoms with Crippen molar-refractivity contribution in [1.29, 1.82) is 0 Å². The lowest BCUT2D eigenvalue weighted by molar-refractivity contribution is -0.137. The smallest absolute Gasteiger partial charge is 0.255 e. The van der Waals surface area contributed by atoms with Crippen LogP contribution in [0, 0.1) is 17.8 Å². The minimum absolute atomic E-state index is 0.0395. The number of hydrogen-bond acceptors (Lipinski definition) is 8. The third-order valence-corrected chi connectivity index (χ3v) is 11.1.